The van der Waals surface area contributed by atoms with E-state index in [4.69, 9.17) is 0 Å². The quantitative estimate of drug-likeness (QED) is 0.572. The van der Waals surface area contributed by atoms with Crippen molar-refractivity contribution in [3.8, 4) is 0 Å². The number of rotatable bonds is 4. The van der Waals surface area contributed by atoms with E-state index >= 15 is 0 Å². The molecule has 0 spiro atoms. The van der Waals surface area contributed by atoms with E-state index in [0.717, 1.165) is 6.54 Å². The zero-order valence-corrected chi connectivity index (χ0v) is 8.11. The maximum absolute atomic E-state index is 3.76. The van der Waals surface area contributed by atoms with Gasteiger partial charge in [-0.2, -0.15) is 0 Å². The molecule has 0 rings (SSSR count). The first-order valence-electron chi connectivity index (χ1n) is 3.38. The monoisotopic (exact) mass is 143 g/mol. The molecule has 0 heterocycles. The van der Waals surface area contributed by atoms with Crippen LogP contribution in [-0.4, -0.2) is 23.1 Å². The summed E-state index contributed by atoms with van der Waals surface area (Å²) in [5.41, 5.74) is 2.11. The fourth-order valence-corrected chi connectivity index (χ4v) is 2.12. The van der Waals surface area contributed by atoms with Gasteiger partial charge in [0.1, 0.15) is 0 Å². The maximum atomic E-state index is 3.76. The standard InChI is InChI=1S/C7H17NSi/c1-5-9-7(2,3)6-8-4/h5,8H,1,6,9H2,2-4H3. The molecular weight excluding hydrogens is 126 g/mol. The highest BCUT2D eigenvalue weighted by molar-refractivity contribution is 6.45. The molecule has 0 aliphatic carbocycles. The average molecular weight is 143 g/mol. The van der Waals surface area contributed by atoms with Gasteiger partial charge in [-0.05, 0) is 18.6 Å². The molecule has 9 heavy (non-hydrogen) atoms. The highest BCUT2D eigenvalue weighted by Gasteiger charge is 2.13. The molecule has 0 saturated heterocycles. The molecule has 0 atom stereocenters. The summed E-state index contributed by atoms with van der Waals surface area (Å²) in [5, 5.41) is 3.69. The van der Waals surface area contributed by atoms with Crippen LogP contribution >= 0.6 is 0 Å². The topological polar surface area (TPSA) is 12.0 Å². The molecule has 0 aromatic heterocycles. The van der Waals surface area contributed by atoms with Crippen molar-refractivity contribution < 1.29 is 0 Å². The van der Waals surface area contributed by atoms with Gasteiger partial charge in [0.05, 0.1) is 9.52 Å². The lowest BCUT2D eigenvalue weighted by Crippen LogP contribution is -2.25. The van der Waals surface area contributed by atoms with Crippen LogP contribution in [0.1, 0.15) is 13.8 Å². The first kappa shape index (κ1) is 8.92. The summed E-state index contributed by atoms with van der Waals surface area (Å²) in [6, 6.07) is 0. The van der Waals surface area contributed by atoms with E-state index in [1.54, 1.807) is 0 Å². The Balaban J connectivity index is 3.55. The third-order valence-electron chi connectivity index (χ3n) is 1.35. The predicted molar refractivity (Wildman–Crippen MR) is 46.7 cm³/mol. The van der Waals surface area contributed by atoms with Crippen LogP contribution in [0, 0.1) is 0 Å². The zero-order chi connectivity index (χ0) is 7.33. The Morgan fingerprint density at radius 1 is 1.67 bits per heavy atom. The second kappa shape index (κ2) is 3.85. The number of nitrogens with one attached hydrogen (secondary N) is 1. The lowest BCUT2D eigenvalue weighted by molar-refractivity contribution is 0.613. The lowest BCUT2D eigenvalue weighted by atomic mass is 10.2. The van der Waals surface area contributed by atoms with E-state index < -0.39 is 0 Å². The van der Waals surface area contributed by atoms with Gasteiger partial charge in [-0.1, -0.05) is 13.8 Å². The summed E-state index contributed by atoms with van der Waals surface area (Å²) in [5.74, 6) is 0. The molecule has 1 nitrogen and oxygen atoms in total. The smallest absolute Gasteiger partial charge is 0.0518 e. The molecule has 0 aliphatic rings. The van der Waals surface area contributed by atoms with E-state index in [1.807, 2.05) is 7.05 Å². The van der Waals surface area contributed by atoms with Crippen LogP contribution in [0.5, 0.6) is 0 Å². The second-order valence-electron chi connectivity index (χ2n) is 3.19. The largest absolute Gasteiger partial charge is 0.320 e. The summed E-state index contributed by atoms with van der Waals surface area (Å²) in [6.45, 7) is 9.46. The van der Waals surface area contributed by atoms with E-state index in [9.17, 15) is 0 Å². The molecule has 0 amide bonds. The Morgan fingerprint density at radius 2 is 2.22 bits per heavy atom. The van der Waals surface area contributed by atoms with Gasteiger partial charge >= 0.3 is 0 Å². The van der Waals surface area contributed by atoms with Crippen molar-refractivity contribution in [1.29, 1.82) is 0 Å². The van der Waals surface area contributed by atoms with E-state index in [1.165, 1.54) is 0 Å². The molecule has 0 aliphatic heterocycles. The summed E-state index contributed by atoms with van der Waals surface area (Å²) in [7, 11) is 1.94. The van der Waals surface area contributed by atoms with Gasteiger partial charge in [-0.3, -0.25) is 0 Å². The third kappa shape index (κ3) is 4.42. The van der Waals surface area contributed by atoms with Crippen LogP contribution in [-0.2, 0) is 0 Å². The summed E-state index contributed by atoms with van der Waals surface area (Å²) in [6.07, 6.45) is 0. The van der Waals surface area contributed by atoms with Gasteiger partial charge < -0.3 is 5.32 Å². The highest BCUT2D eigenvalue weighted by Crippen LogP contribution is 2.19. The third-order valence-corrected chi connectivity index (χ3v) is 3.00. The van der Waals surface area contributed by atoms with Crippen molar-refractivity contribution in [2.24, 2.45) is 0 Å². The van der Waals surface area contributed by atoms with E-state index in [0.29, 0.717) is 5.04 Å². The van der Waals surface area contributed by atoms with E-state index in [2.05, 4.69) is 31.4 Å². The van der Waals surface area contributed by atoms with Crippen molar-refractivity contribution in [1.82, 2.24) is 5.32 Å². The van der Waals surface area contributed by atoms with Crippen molar-refractivity contribution >= 4 is 9.52 Å². The Bertz CT molecular complexity index is 88.9. The minimum Gasteiger partial charge on any atom is -0.320 e. The first-order valence-corrected chi connectivity index (χ1v) is 4.90. The van der Waals surface area contributed by atoms with Gasteiger partial charge in [-0.15, -0.1) is 12.3 Å². The molecule has 0 saturated carbocycles. The SMILES string of the molecule is C=C[SiH2]C(C)(C)CNC. The van der Waals surface area contributed by atoms with Gasteiger partial charge in [0.2, 0.25) is 0 Å². The van der Waals surface area contributed by atoms with E-state index in [-0.39, 0.29) is 9.52 Å². The first-order chi connectivity index (χ1) is 4.12. The Labute approximate surface area is 60.4 Å². The van der Waals surface area contributed by atoms with Crippen LogP contribution in [0.4, 0.5) is 0 Å². The van der Waals surface area contributed by atoms with Crippen LogP contribution in [0.3, 0.4) is 0 Å². The van der Waals surface area contributed by atoms with Crippen molar-refractivity contribution in [3.63, 3.8) is 0 Å². The minimum atomic E-state index is -0.0600. The summed E-state index contributed by atoms with van der Waals surface area (Å²) < 4.78 is 0. The molecule has 54 valence electrons. The van der Waals surface area contributed by atoms with Crippen LogP contribution < -0.4 is 5.32 Å². The molecule has 0 radical (unpaired) electrons. The Hall–Kier alpha value is -0.0831. The van der Waals surface area contributed by atoms with Crippen LogP contribution in [0.25, 0.3) is 0 Å². The molecule has 2 heteroatoms. The average Bonchev–Trinajstić information content (AvgIpc) is 1.64. The number of hydrogen-bond donors (Lipinski definition) is 1. The predicted octanol–water partition coefficient (Wildman–Crippen LogP) is 0.717. The van der Waals surface area contributed by atoms with Gasteiger partial charge in [0, 0.05) is 0 Å². The van der Waals surface area contributed by atoms with Gasteiger partial charge in [0.25, 0.3) is 0 Å². The fraction of sp³-hybridized carbons (Fsp3) is 0.714. The molecular formula is C7H17NSi. The van der Waals surface area contributed by atoms with Gasteiger partial charge in [-0.25, -0.2) is 0 Å². The Kier molecular flexibility index (Phi) is 3.82. The van der Waals surface area contributed by atoms with Crippen molar-refractivity contribution in [3.05, 3.63) is 12.3 Å². The van der Waals surface area contributed by atoms with Crippen molar-refractivity contribution in [2.75, 3.05) is 13.6 Å². The van der Waals surface area contributed by atoms with Crippen LogP contribution in [0.2, 0.25) is 5.04 Å². The highest BCUT2D eigenvalue weighted by atomic mass is 28.2. The Morgan fingerprint density at radius 3 is 2.56 bits per heavy atom. The molecule has 1 N–H and O–H groups in total. The molecule has 0 aromatic carbocycles. The zero-order valence-electron chi connectivity index (χ0n) is 6.70. The van der Waals surface area contributed by atoms with Crippen molar-refractivity contribution in [2.45, 2.75) is 18.9 Å². The summed E-state index contributed by atoms with van der Waals surface area (Å²) in [4.78, 5) is 0. The van der Waals surface area contributed by atoms with Crippen LogP contribution in [0.15, 0.2) is 12.3 Å². The molecule has 0 aromatic rings. The minimum absolute atomic E-state index is 0.0600. The second-order valence-corrected chi connectivity index (χ2v) is 6.09. The molecule has 0 fully saturated rings. The molecule has 0 unspecified atom stereocenters. The fourth-order valence-electron chi connectivity index (χ4n) is 0.941. The number of hydrogen-bond acceptors (Lipinski definition) is 1. The normalized spacial score (nSPS) is 12.8. The molecule has 0 bridgehead atoms. The maximum Gasteiger partial charge on any atom is 0.0518 e. The lowest BCUT2D eigenvalue weighted by Gasteiger charge is -2.21. The van der Waals surface area contributed by atoms with Gasteiger partial charge in [0.15, 0.2) is 0 Å². The summed E-state index contributed by atoms with van der Waals surface area (Å²) >= 11 is 0.